The molecule has 1 aromatic carbocycles. The summed E-state index contributed by atoms with van der Waals surface area (Å²) in [5.41, 5.74) is 3.96. The number of hydrogen-bond acceptors (Lipinski definition) is 4. The number of nitrogens with one attached hydrogen (secondary N) is 1. The van der Waals surface area contributed by atoms with Gasteiger partial charge in [0.05, 0.1) is 24.0 Å². The van der Waals surface area contributed by atoms with Crippen LogP contribution in [0.3, 0.4) is 0 Å². The largest absolute Gasteiger partial charge is 0.376 e. The second-order valence-electron chi connectivity index (χ2n) is 8.24. The summed E-state index contributed by atoms with van der Waals surface area (Å²) in [6.45, 7) is 3.54. The summed E-state index contributed by atoms with van der Waals surface area (Å²) in [4.78, 5) is 12.9. The lowest BCUT2D eigenvalue weighted by molar-refractivity contribution is -0.113. The first-order valence-corrected chi connectivity index (χ1v) is 12.4. The van der Waals surface area contributed by atoms with E-state index in [1.165, 1.54) is 5.69 Å². The molecule has 2 aliphatic rings. The minimum atomic E-state index is -0.0937. The average molecular weight is 458 g/mol. The van der Waals surface area contributed by atoms with Crippen molar-refractivity contribution in [1.29, 1.82) is 5.26 Å². The average Bonchev–Trinajstić information content (AvgIpc) is 3.39. The van der Waals surface area contributed by atoms with Crippen LogP contribution in [0.15, 0.2) is 24.3 Å². The van der Waals surface area contributed by atoms with E-state index in [1.807, 2.05) is 24.3 Å². The van der Waals surface area contributed by atoms with Crippen LogP contribution in [-0.2, 0) is 28.9 Å². The lowest BCUT2D eigenvalue weighted by Gasteiger charge is -2.20. The second kappa shape index (κ2) is 10.1. The number of nitrogens with zero attached hydrogens (tertiary/aromatic N) is 2. The van der Waals surface area contributed by atoms with Crippen molar-refractivity contribution in [3.63, 3.8) is 0 Å². The number of fused-ring (bicyclic) bond motifs is 1. The molecule has 7 heteroatoms. The number of thioether (sulfide) groups is 1. The Bertz CT molecular complexity index is 991. The zero-order chi connectivity index (χ0) is 21.8. The number of benzene rings is 1. The van der Waals surface area contributed by atoms with Crippen LogP contribution in [-0.4, -0.2) is 28.9 Å². The number of carbonyl (C=O) groups excluding carboxylic acids is 1. The fraction of sp³-hybridized carbons (Fsp3) is 0.500. The van der Waals surface area contributed by atoms with Crippen LogP contribution in [0.5, 0.6) is 0 Å². The van der Waals surface area contributed by atoms with Gasteiger partial charge in [-0.1, -0.05) is 29.8 Å². The molecule has 1 saturated heterocycles. The third-order valence-electron chi connectivity index (χ3n) is 6.16. The first-order chi connectivity index (χ1) is 15.1. The Morgan fingerprint density at radius 1 is 1.35 bits per heavy atom. The van der Waals surface area contributed by atoms with E-state index < -0.39 is 0 Å². The molecule has 1 aliphatic heterocycles. The van der Waals surface area contributed by atoms with E-state index in [2.05, 4.69) is 22.9 Å². The molecular weight excluding hydrogens is 430 g/mol. The van der Waals surface area contributed by atoms with Gasteiger partial charge in [0, 0.05) is 22.6 Å². The summed E-state index contributed by atoms with van der Waals surface area (Å²) in [6, 6.07) is 10.1. The predicted molar refractivity (Wildman–Crippen MR) is 126 cm³/mol. The molecule has 0 bridgehead atoms. The fourth-order valence-corrected chi connectivity index (χ4v) is 5.80. The number of amides is 1. The number of anilines is 1. The monoisotopic (exact) mass is 457 g/mol. The topological polar surface area (TPSA) is 67.0 Å². The molecule has 1 aromatic heterocycles. The van der Waals surface area contributed by atoms with Crippen LogP contribution in [0.4, 0.5) is 5.82 Å². The number of hydrogen-bond donors (Lipinski definition) is 1. The molecule has 1 fully saturated rings. The highest BCUT2D eigenvalue weighted by molar-refractivity contribution is 8.00. The molecule has 1 N–H and O–H groups in total. The van der Waals surface area contributed by atoms with Gasteiger partial charge in [-0.05, 0) is 62.6 Å². The van der Waals surface area contributed by atoms with Crippen molar-refractivity contribution in [2.45, 2.75) is 63.3 Å². The van der Waals surface area contributed by atoms with Gasteiger partial charge in [0.25, 0.3) is 0 Å². The molecule has 4 rings (SSSR count). The molecule has 2 unspecified atom stereocenters. The standard InChI is InChI=1S/C24H28ClN3O2S/c1-16(18-8-2-4-10-21(18)25)31-15-23(29)27-24-20(13-26)19-9-3-5-11-22(19)28(24)14-17-7-6-12-30-17/h2,4,8,10,16-17H,3,5-7,9,11-12,14-15H2,1H3,(H,27,29). The Kier molecular flexibility index (Phi) is 7.27. The number of carbonyl (C=O) groups is 1. The highest BCUT2D eigenvalue weighted by Gasteiger charge is 2.28. The lowest BCUT2D eigenvalue weighted by Crippen LogP contribution is -2.23. The minimum absolute atomic E-state index is 0.0937. The summed E-state index contributed by atoms with van der Waals surface area (Å²) in [5, 5.41) is 13.8. The molecule has 164 valence electrons. The van der Waals surface area contributed by atoms with Crippen LogP contribution in [0.2, 0.25) is 5.02 Å². The van der Waals surface area contributed by atoms with Crippen LogP contribution in [0, 0.1) is 11.3 Å². The molecule has 2 heterocycles. The smallest absolute Gasteiger partial charge is 0.235 e. The van der Waals surface area contributed by atoms with E-state index in [1.54, 1.807) is 11.8 Å². The molecule has 0 radical (unpaired) electrons. The van der Waals surface area contributed by atoms with Gasteiger partial charge in [-0.3, -0.25) is 4.79 Å². The maximum atomic E-state index is 12.9. The maximum absolute atomic E-state index is 12.9. The number of aromatic nitrogens is 1. The SMILES string of the molecule is CC(SCC(=O)Nc1c(C#N)c2c(n1CC1CCCO1)CCCC2)c1ccccc1Cl. The molecule has 1 aliphatic carbocycles. The quantitative estimate of drug-likeness (QED) is 0.595. The Morgan fingerprint density at radius 3 is 2.90 bits per heavy atom. The van der Waals surface area contributed by atoms with E-state index in [9.17, 15) is 10.1 Å². The first kappa shape index (κ1) is 22.3. The molecule has 2 aromatic rings. The normalized spacial score (nSPS) is 18.9. The van der Waals surface area contributed by atoms with E-state index in [0.29, 0.717) is 28.7 Å². The highest BCUT2D eigenvalue weighted by atomic mass is 35.5. The van der Waals surface area contributed by atoms with Gasteiger partial charge >= 0.3 is 0 Å². The molecule has 2 atom stereocenters. The fourth-order valence-electron chi connectivity index (χ4n) is 4.58. The number of nitriles is 1. The molecule has 0 saturated carbocycles. The van der Waals surface area contributed by atoms with Crippen LogP contribution >= 0.6 is 23.4 Å². The summed E-state index contributed by atoms with van der Waals surface area (Å²) in [5.74, 6) is 0.859. The highest BCUT2D eigenvalue weighted by Crippen LogP contribution is 2.35. The van der Waals surface area contributed by atoms with Gasteiger partial charge in [-0.2, -0.15) is 5.26 Å². The van der Waals surface area contributed by atoms with Crippen molar-refractivity contribution in [2.24, 2.45) is 0 Å². The van der Waals surface area contributed by atoms with Gasteiger partial charge in [0.15, 0.2) is 0 Å². The zero-order valence-electron chi connectivity index (χ0n) is 17.8. The minimum Gasteiger partial charge on any atom is -0.376 e. The third-order valence-corrected chi connectivity index (χ3v) is 7.69. The predicted octanol–water partition coefficient (Wildman–Crippen LogP) is 5.50. The Morgan fingerprint density at radius 2 is 2.16 bits per heavy atom. The molecule has 31 heavy (non-hydrogen) atoms. The third kappa shape index (κ3) is 4.95. The number of ether oxygens (including phenoxy) is 1. The Balaban J connectivity index is 1.51. The summed E-state index contributed by atoms with van der Waals surface area (Å²) >= 11 is 7.84. The van der Waals surface area contributed by atoms with E-state index in [4.69, 9.17) is 16.3 Å². The van der Waals surface area contributed by atoms with Gasteiger partial charge in [-0.15, -0.1) is 11.8 Å². The maximum Gasteiger partial charge on any atom is 0.235 e. The summed E-state index contributed by atoms with van der Waals surface area (Å²) < 4.78 is 8.01. The van der Waals surface area contributed by atoms with E-state index in [-0.39, 0.29) is 17.3 Å². The van der Waals surface area contributed by atoms with Gasteiger partial charge in [0.1, 0.15) is 11.9 Å². The van der Waals surface area contributed by atoms with Gasteiger partial charge in [0.2, 0.25) is 5.91 Å². The van der Waals surface area contributed by atoms with Crippen molar-refractivity contribution >= 4 is 35.1 Å². The van der Waals surface area contributed by atoms with E-state index >= 15 is 0 Å². The number of halogens is 1. The number of rotatable bonds is 7. The van der Waals surface area contributed by atoms with Crippen molar-refractivity contribution in [3.8, 4) is 6.07 Å². The van der Waals surface area contributed by atoms with Crippen molar-refractivity contribution in [1.82, 2.24) is 4.57 Å². The Hall–Kier alpha value is -1.94. The zero-order valence-corrected chi connectivity index (χ0v) is 19.4. The summed E-state index contributed by atoms with van der Waals surface area (Å²) in [7, 11) is 0. The molecule has 1 amide bonds. The van der Waals surface area contributed by atoms with Crippen molar-refractivity contribution in [3.05, 3.63) is 51.7 Å². The van der Waals surface area contributed by atoms with Crippen molar-refractivity contribution in [2.75, 3.05) is 17.7 Å². The van der Waals surface area contributed by atoms with Crippen LogP contribution in [0.25, 0.3) is 0 Å². The van der Waals surface area contributed by atoms with E-state index in [0.717, 1.165) is 56.3 Å². The van der Waals surface area contributed by atoms with Gasteiger partial charge in [-0.25, -0.2) is 0 Å². The van der Waals surface area contributed by atoms with Crippen LogP contribution < -0.4 is 5.32 Å². The molecular formula is C24H28ClN3O2S. The summed E-state index contributed by atoms with van der Waals surface area (Å²) in [6.07, 6.45) is 6.29. The van der Waals surface area contributed by atoms with Gasteiger partial charge < -0.3 is 14.6 Å². The first-order valence-electron chi connectivity index (χ1n) is 11.0. The Labute approximate surface area is 193 Å². The van der Waals surface area contributed by atoms with Crippen LogP contribution in [0.1, 0.15) is 60.2 Å². The molecule has 0 spiro atoms. The molecule has 5 nitrogen and oxygen atoms in total. The van der Waals surface area contributed by atoms with Crippen molar-refractivity contribution < 1.29 is 9.53 Å². The second-order valence-corrected chi connectivity index (χ2v) is 9.97. The lowest BCUT2D eigenvalue weighted by atomic mass is 9.95.